The van der Waals surface area contributed by atoms with Gasteiger partial charge in [-0.25, -0.2) is 15.6 Å². The standard InChI is InChI=1S/C18H23N5O.C2HF3O2/c1-22-9-11-23(12-10-22)13-14-5-7-15(8-6-14)16-3-2-4-17(20-16)18(24)21-19;3-2(4,5)1(6)7/h2-8H,9-13,19H2,1H3,(H,21,24);(H,6,7). The van der Waals surface area contributed by atoms with E-state index in [4.69, 9.17) is 15.7 Å². The molecule has 0 unspecified atom stereocenters. The molecule has 0 spiro atoms. The molecule has 8 nitrogen and oxygen atoms in total. The summed E-state index contributed by atoms with van der Waals surface area (Å²) in [6, 6.07) is 13.7. The van der Waals surface area contributed by atoms with Gasteiger partial charge in [0.25, 0.3) is 5.91 Å². The molecule has 168 valence electrons. The number of nitrogen functional groups attached to an aromatic ring is 1. The second kappa shape index (κ2) is 10.8. The van der Waals surface area contributed by atoms with Gasteiger partial charge in [0, 0.05) is 38.3 Å². The van der Waals surface area contributed by atoms with Crippen molar-refractivity contribution in [2.45, 2.75) is 12.7 Å². The van der Waals surface area contributed by atoms with Crippen molar-refractivity contribution >= 4 is 11.9 Å². The number of hydrazine groups is 1. The monoisotopic (exact) mass is 439 g/mol. The van der Waals surface area contributed by atoms with E-state index in [1.165, 1.54) is 5.56 Å². The number of likely N-dealkylation sites (N-methyl/N-ethyl adjacent to an activating group) is 1. The Kier molecular flexibility index (Phi) is 8.48. The first kappa shape index (κ1) is 24.3. The van der Waals surface area contributed by atoms with Crippen LogP contribution in [0, 0.1) is 0 Å². The molecule has 0 bridgehead atoms. The summed E-state index contributed by atoms with van der Waals surface area (Å²) in [5.41, 5.74) is 5.47. The summed E-state index contributed by atoms with van der Waals surface area (Å²) < 4.78 is 31.7. The maximum Gasteiger partial charge on any atom is 0.490 e. The fourth-order valence-electron chi connectivity index (χ4n) is 2.84. The van der Waals surface area contributed by atoms with Crippen molar-refractivity contribution in [3.05, 3.63) is 53.7 Å². The molecule has 0 saturated carbocycles. The molecule has 2 heterocycles. The lowest BCUT2D eigenvalue weighted by molar-refractivity contribution is -0.192. The predicted octanol–water partition coefficient (Wildman–Crippen LogP) is 1.73. The van der Waals surface area contributed by atoms with Crippen LogP contribution in [0.15, 0.2) is 42.5 Å². The molecular weight excluding hydrogens is 415 g/mol. The van der Waals surface area contributed by atoms with Gasteiger partial charge in [0.2, 0.25) is 0 Å². The molecule has 1 aromatic carbocycles. The largest absolute Gasteiger partial charge is 0.490 e. The first-order valence-corrected chi connectivity index (χ1v) is 9.38. The van der Waals surface area contributed by atoms with Crippen molar-refractivity contribution in [2.75, 3.05) is 33.2 Å². The minimum absolute atomic E-state index is 0.316. The number of nitrogens with zero attached hydrogens (tertiary/aromatic N) is 3. The number of nitrogens with one attached hydrogen (secondary N) is 1. The third-order valence-corrected chi connectivity index (χ3v) is 4.61. The summed E-state index contributed by atoms with van der Waals surface area (Å²) in [4.78, 5) is 29.7. The summed E-state index contributed by atoms with van der Waals surface area (Å²) in [7, 11) is 2.16. The van der Waals surface area contributed by atoms with Crippen LogP contribution < -0.4 is 11.3 Å². The Morgan fingerprint density at radius 2 is 1.68 bits per heavy atom. The molecule has 11 heteroatoms. The van der Waals surface area contributed by atoms with Crippen LogP contribution in [0.25, 0.3) is 11.3 Å². The number of hydrogen-bond acceptors (Lipinski definition) is 6. The first-order valence-electron chi connectivity index (χ1n) is 9.38. The van der Waals surface area contributed by atoms with Crippen LogP contribution in [0.2, 0.25) is 0 Å². The third kappa shape index (κ3) is 7.63. The average Bonchev–Trinajstić information content (AvgIpc) is 2.75. The Morgan fingerprint density at radius 3 is 2.19 bits per heavy atom. The molecule has 4 N–H and O–H groups in total. The number of carbonyl (C=O) groups is 2. The van der Waals surface area contributed by atoms with Gasteiger partial charge < -0.3 is 10.0 Å². The SMILES string of the molecule is CN1CCN(Cc2ccc(-c3cccc(C(=O)NN)n3)cc2)CC1.O=C(O)C(F)(F)F. The van der Waals surface area contributed by atoms with E-state index < -0.39 is 12.1 Å². The second-order valence-electron chi connectivity index (χ2n) is 6.96. The molecule has 1 amide bonds. The molecule has 1 aromatic heterocycles. The highest BCUT2D eigenvalue weighted by atomic mass is 19.4. The average molecular weight is 439 g/mol. The molecule has 1 aliphatic heterocycles. The molecule has 1 saturated heterocycles. The molecule has 0 aliphatic carbocycles. The second-order valence-corrected chi connectivity index (χ2v) is 6.96. The fourth-order valence-corrected chi connectivity index (χ4v) is 2.84. The van der Waals surface area contributed by atoms with Gasteiger partial charge in [-0.1, -0.05) is 30.3 Å². The highest BCUT2D eigenvalue weighted by Gasteiger charge is 2.38. The number of carbonyl (C=O) groups excluding carboxylic acids is 1. The number of aliphatic carboxylic acids is 1. The number of benzene rings is 1. The van der Waals surface area contributed by atoms with E-state index in [9.17, 15) is 18.0 Å². The number of carboxylic acid groups (broad SMARTS) is 1. The van der Waals surface area contributed by atoms with Gasteiger partial charge in [0.05, 0.1) is 5.69 Å². The third-order valence-electron chi connectivity index (χ3n) is 4.61. The lowest BCUT2D eigenvalue weighted by Gasteiger charge is -2.32. The van der Waals surface area contributed by atoms with E-state index in [1.54, 1.807) is 6.07 Å². The lowest BCUT2D eigenvalue weighted by Crippen LogP contribution is -2.43. The fraction of sp³-hybridized carbons (Fsp3) is 0.350. The van der Waals surface area contributed by atoms with Crippen LogP contribution in [-0.4, -0.2) is 71.2 Å². The molecule has 3 rings (SSSR count). The Balaban J connectivity index is 0.000000423. The molecule has 0 radical (unpaired) electrons. The van der Waals surface area contributed by atoms with Crippen molar-refractivity contribution < 1.29 is 27.9 Å². The van der Waals surface area contributed by atoms with Crippen molar-refractivity contribution in [2.24, 2.45) is 5.84 Å². The number of hydrogen-bond donors (Lipinski definition) is 3. The number of piperazine rings is 1. The smallest absolute Gasteiger partial charge is 0.475 e. The van der Waals surface area contributed by atoms with Crippen LogP contribution in [-0.2, 0) is 11.3 Å². The van der Waals surface area contributed by atoms with Crippen molar-refractivity contribution in [3.63, 3.8) is 0 Å². The Hall–Kier alpha value is -3.02. The number of nitrogens with two attached hydrogens (primary N) is 1. The van der Waals surface area contributed by atoms with E-state index in [0.29, 0.717) is 5.69 Å². The van der Waals surface area contributed by atoms with Gasteiger partial charge in [-0.15, -0.1) is 0 Å². The number of aromatic nitrogens is 1. The van der Waals surface area contributed by atoms with Gasteiger partial charge in [-0.05, 0) is 24.7 Å². The van der Waals surface area contributed by atoms with E-state index in [1.807, 2.05) is 12.1 Å². The molecule has 1 aliphatic rings. The van der Waals surface area contributed by atoms with Crippen molar-refractivity contribution in [3.8, 4) is 11.3 Å². The van der Waals surface area contributed by atoms with E-state index in [2.05, 4.69) is 51.5 Å². The van der Waals surface area contributed by atoms with Gasteiger partial charge in [0.1, 0.15) is 5.69 Å². The van der Waals surface area contributed by atoms with Gasteiger partial charge in [-0.3, -0.25) is 15.1 Å². The Bertz CT molecular complexity index is 882. The van der Waals surface area contributed by atoms with Crippen LogP contribution in [0.3, 0.4) is 0 Å². The topological polar surface area (TPSA) is 112 Å². The highest BCUT2D eigenvalue weighted by Crippen LogP contribution is 2.19. The van der Waals surface area contributed by atoms with Crippen LogP contribution >= 0.6 is 0 Å². The van der Waals surface area contributed by atoms with Crippen LogP contribution in [0.4, 0.5) is 13.2 Å². The highest BCUT2D eigenvalue weighted by molar-refractivity contribution is 5.92. The van der Waals surface area contributed by atoms with Gasteiger partial charge in [0.15, 0.2) is 0 Å². The maximum atomic E-state index is 11.6. The lowest BCUT2D eigenvalue weighted by atomic mass is 10.1. The molecule has 2 aromatic rings. The summed E-state index contributed by atoms with van der Waals surface area (Å²) in [5.74, 6) is 2.02. The van der Waals surface area contributed by atoms with Gasteiger partial charge >= 0.3 is 12.1 Å². The minimum Gasteiger partial charge on any atom is -0.475 e. The van der Waals surface area contributed by atoms with Crippen LogP contribution in [0.1, 0.15) is 16.1 Å². The molecular formula is C20H24F3N5O3. The number of rotatable bonds is 4. The number of amides is 1. The number of halogens is 3. The minimum atomic E-state index is -5.08. The van der Waals surface area contributed by atoms with Crippen molar-refractivity contribution in [1.29, 1.82) is 0 Å². The normalized spacial score (nSPS) is 15.0. The van der Waals surface area contributed by atoms with E-state index >= 15 is 0 Å². The zero-order chi connectivity index (χ0) is 23.0. The maximum absolute atomic E-state index is 11.6. The summed E-state index contributed by atoms with van der Waals surface area (Å²) in [6.45, 7) is 5.43. The molecule has 1 fully saturated rings. The molecule has 31 heavy (non-hydrogen) atoms. The summed E-state index contributed by atoms with van der Waals surface area (Å²) in [6.07, 6.45) is -5.08. The van der Waals surface area contributed by atoms with Crippen molar-refractivity contribution in [1.82, 2.24) is 20.2 Å². The predicted molar refractivity (Wildman–Crippen MR) is 108 cm³/mol. The van der Waals surface area contributed by atoms with Gasteiger partial charge in [-0.2, -0.15) is 13.2 Å². The van der Waals surface area contributed by atoms with Crippen LogP contribution in [0.5, 0.6) is 0 Å². The number of carboxylic acids is 1. The number of pyridine rings is 1. The van der Waals surface area contributed by atoms with E-state index in [0.717, 1.165) is 44.0 Å². The Labute approximate surface area is 177 Å². The zero-order valence-electron chi connectivity index (χ0n) is 16.9. The quantitative estimate of drug-likeness (QED) is 0.378. The zero-order valence-corrected chi connectivity index (χ0v) is 16.9. The van der Waals surface area contributed by atoms with E-state index in [-0.39, 0.29) is 5.91 Å². The summed E-state index contributed by atoms with van der Waals surface area (Å²) >= 11 is 0. The molecule has 0 atom stereocenters. The summed E-state index contributed by atoms with van der Waals surface area (Å²) in [5, 5.41) is 7.12. The first-order chi connectivity index (χ1) is 14.6. The number of alkyl halides is 3. The Morgan fingerprint density at radius 1 is 1.10 bits per heavy atom.